The van der Waals surface area contributed by atoms with Gasteiger partial charge in [0.2, 0.25) is 0 Å². The van der Waals surface area contributed by atoms with Gasteiger partial charge in [-0.2, -0.15) is 0 Å². The van der Waals surface area contributed by atoms with Crippen molar-refractivity contribution >= 4 is 17.3 Å². The summed E-state index contributed by atoms with van der Waals surface area (Å²) in [6, 6.07) is 0. The Balaban J connectivity index is 0.000000310. The van der Waals surface area contributed by atoms with Crippen LogP contribution in [-0.2, 0) is 11.2 Å². The minimum atomic E-state index is -0.833. The molecule has 0 saturated carbocycles. The van der Waals surface area contributed by atoms with E-state index >= 15 is 0 Å². The van der Waals surface area contributed by atoms with Gasteiger partial charge in [-0.1, -0.05) is 13.3 Å². The lowest BCUT2D eigenvalue weighted by Gasteiger charge is -1.89. The highest BCUT2D eigenvalue weighted by Gasteiger charge is 1.90. The molecule has 1 N–H and O–H groups in total. The van der Waals surface area contributed by atoms with Crippen LogP contribution in [0.3, 0.4) is 0 Å². The molecule has 0 aliphatic heterocycles. The second kappa shape index (κ2) is 7.73. The highest BCUT2D eigenvalue weighted by atomic mass is 32.1. The third-order valence-corrected chi connectivity index (χ3v) is 2.10. The number of carboxylic acid groups (broad SMARTS) is 1. The minimum absolute atomic E-state index is 0.833. The average Bonchev–Trinajstić information content (AvgIpc) is 2.51. The molecule has 0 unspecified atom stereocenters. The highest BCUT2D eigenvalue weighted by molar-refractivity contribution is 7.09. The van der Waals surface area contributed by atoms with Gasteiger partial charge in [-0.3, -0.25) is 9.78 Å². The molecule has 1 aromatic rings. The van der Waals surface area contributed by atoms with Crippen LogP contribution in [0.1, 0.15) is 31.6 Å². The average molecular weight is 201 g/mol. The van der Waals surface area contributed by atoms with Crippen molar-refractivity contribution in [1.29, 1.82) is 0 Å². The Bertz CT molecular complexity index is 218. The third kappa shape index (κ3) is 9.01. The van der Waals surface area contributed by atoms with E-state index in [1.807, 2.05) is 11.7 Å². The molecule has 1 rings (SSSR count). The van der Waals surface area contributed by atoms with Crippen LogP contribution < -0.4 is 0 Å². The summed E-state index contributed by atoms with van der Waals surface area (Å²) < 4.78 is 0. The number of aliphatic carboxylic acids is 1. The predicted octanol–water partition coefficient (Wildman–Crippen LogP) is 2.58. The molecule has 4 heteroatoms. The van der Waals surface area contributed by atoms with E-state index < -0.39 is 5.97 Å². The molecule has 0 atom stereocenters. The lowest BCUT2D eigenvalue weighted by Crippen LogP contribution is -1.78. The molecular formula is C9H15NO2S. The van der Waals surface area contributed by atoms with Crippen molar-refractivity contribution in [2.75, 3.05) is 0 Å². The van der Waals surface area contributed by atoms with E-state index in [9.17, 15) is 0 Å². The molecule has 0 radical (unpaired) electrons. The van der Waals surface area contributed by atoms with Gasteiger partial charge in [0.25, 0.3) is 5.97 Å². The summed E-state index contributed by atoms with van der Waals surface area (Å²) in [6.45, 7) is 3.29. The van der Waals surface area contributed by atoms with Crippen molar-refractivity contribution in [1.82, 2.24) is 4.98 Å². The quantitative estimate of drug-likeness (QED) is 0.817. The predicted molar refractivity (Wildman–Crippen MR) is 54.0 cm³/mol. The summed E-state index contributed by atoms with van der Waals surface area (Å²) in [5.74, 6) is -0.833. The number of rotatable bonds is 3. The Kier molecular flexibility index (Phi) is 7.20. The SMILES string of the molecule is CC(=O)O.CCCCc1cncs1. The molecular weight excluding hydrogens is 186 g/mol. The monoisotopic (exact) mass is 201 g/mol. The van der Waals surface area contributed by atoms with E-state index in [0.717, 1.165) is 6.92 Å². The Hall–Kier alpha value is -0.900. The molecule has 1 aromatic heterocycles. The molecule has 0 aromatic carbocycles. The van der Waals surface area contributed by atoms with Crippen molar-refractivity contribution in [2.24, 2.45) is 0 Å². The van der Waals surface area contributed by atoms with E-state index in [-0.39, 0.29) is 0 Å². The minimum Gasteiger partial charge on any atom is -0.481 e. The summed E-state index contributed by atoms with van der Waals surface area (Å²) in [6.07, 6.45) is 5.74. The summed E-state index contributed by atoms with van der Waals surface area (Å²) in [5.41, 5.74) is 1.89. The second-order valence-corrected chi connectivity index (χ2v) is 3.56. The fourth-order valence-corrected chi connectivity index (χ4v) is 1.36. The summed E-state index contributed by atoms with van der Waals surface area (Å²) in [7, 11) is 0. The molecule has 13 heavy (non-hydrogen) atoms. The standard InChI is InChI=1S/C7H11NS.C2H4O2/c1-2-3-4-7-5-8-6-9-7;1-2(3)4/h5-6H,2-4H2,1H3;1H3,(H,3,4). The molecule has 1 heterocycles. The molecule has 0 spiro atoms. The molecule has 0 aliphatic rings. The van der Waals surface area contributed by atoms with Crippen LogP contribution in [0.25, 0.3) is 0 Å². The van der Waals surface area contributed by atoms with Crippen LogP contribution in [0.4, 0.5) is 0 Å². The van der Waals surface area contributed by atoms with Crippen LogP contribution >= 0.6 is 11.3 Å². The van der Waals surface area contributed by atoms with Gasteiger partial charge in [0.1, 0.15) is 0 Å². The second-order valence-electron chi connectivity index (χ2n) is 2.59. The van der Waals surface area contributed by atoms with Crippen LogP contribution in [0.2, 0.25) is 0 Å². The number of nitrogens with zero attached hydrogens (tertiary/aromatic N) is 1. The third-order valence-electron chi connectivity index (χ3n) is 1.26. The molecule has 0 saturated heterocycles. The van der Waals surface area contributed by atoms with E-state index in [1.165, 1.54) is 24.1 Å². The zero-order valence-electron chi connectivity index (χ0n) is 7.99. The van der Waals surface area contributed by atoms with Gasteiger partial charge < -0.3 is 5.11 Å². The van der Waals surface area contributed by atoms with Gasteiger partial charge in [-0.15, -0.1) is 11.3 Å². The molecule has 0 aliphatic carbocycles. The maximum atomic E-state index is 9.00. The van der Waals surface area contributed by atoms with Gasteiger partial charge in [0, 0.05) is 18.0 Å². The first-order chi connectivity index (χ1) is 6.16. The Morgan fingerprint density at radius 2 is 2.31 bits per heavy atom. The zero-order valence-corrected chi connectivity index (χ0v) is 8.80. The molecule has 0 bridgehead atoms. The van der Waals surface area contributed by atoms with Crippen molar-refractivity contribution < 1.29 is 9.90 Å². The maximum Gasteiger partial charge on any atom is 0.300 e. The number of aromatic nitrogens is 1. The van der Waals surface area contributed by atoms with Crippen molar-refractivity contribution in [3.63, 3.8) is 0 Å². The Morgan fingerprint density at radius 1 is 1.69 bits per heavy atom. The number of carboxylic acids is 1. The van der Waals surface area contributed by atoms with Crippen molar-refractivity contribution in [3.05, 3.63) is 16.6 Å². The number of hydrogen-bond donors (Lipinski definition) is 1. The lowest BCUT2D eigenvalue weighted by atomic mass is 10.2. The van der Waals surface area contributed by atoms with Crippen LogP contribution in [0, 0.1) is 0 Å². The molecule has 74 valence electrons. The number of thiazole rings is 1. The first-order valence-electron chi connectivity index (χ1n) is 4.23. The van der Waals surface area contributed by atoms with Crippen LogP contribution in [0.15, 0.2) is 11.7 Å². The molecule has 0 amide bonds. The maximum absolute atomic E-state index is 9.00. The first-order valence-corrected chi connectivity index (χ1v) is 5.11. The summed E-state index contributed by atoms with van der Waals surface area (Å²) >= 11 is 1.75. The van der Waals surface area contributed by atoms with Gasteiger partial charge in [-0.25, -0.2) is 0 Å². The van der Waals surface area contributed by atoms with E-state index in [1.54, 1.807) is 11.3 Å². The number of carbonyl (C=O) groups is 1. The molecule has 3 nitrogen and oxygen atoms in total. The molecule has 0 fully saturated rings. The van der Waals surface area contributed by atoms with Crippen LogP contribution in [0.5, 0.6) is 0 Å². The van der Waals surface area contributed by atoms with Gasteiger partial charge >= 0.3 is 0 Å². The number of unbranched alkanes of at least 4 members (excludes halogenated alkanes) is 1. The Morgan fingerprint density at radius 3 is 2.69 bits per heavy atom. The van der Waals surface area contributed by atoms with E-state index in [4.69, 9.17) is 9.90 Å². The van der Waals surface area contributed by atoms with Crippen molar-refractivity contribution in [2.45, 2.75) is 33.1 Å². The van der Waals surface area contributed by atoms with E-state index in [2.05, 4.69) is 11.9 Å². The van der Waals surface area contributed by atoms with Crippen LogP contribution in [-0.4, -0.2) is 16.1 Å². The number of aryl methyl sites for hydroxylation is 1. The summed E-state index contributed by atoms with van der Waals surface area (Å²) in [5, 5.41) is 7.42. The fourth-order valence-electron chi connectivity index (χ4n) is 0.717. The highest BCUT2D eigenvalue weighted by Crippen LogP contribution is 2.08. The first kappa shape index (κ1) is 12.1. The van der Waals surface area contributed by atoms with Gasteiger partial charge in [0.15, 0.2) is 0 Å². The van der Waals surface area contributed by atoms with E-state index in [0.29, 0.717) is 0 Å². The Labute approximate surface area is 82.4 Å². The lowest BCUT2D eigenvalue weighted by molar-refractivity contribution is -0.134. The van der Waals surface area contributed by atoms with Gasteiger partial charge in [0.05, 0.1) is 5.51 Å². The topological polar surface area (TPSA) is 50.2 Å². The normalized spacial score (nSPS) is 8.77. The largest absolute Gasteiger partial charge is 0.481 e. The zero-order chi connectivity index (χ0) is 10.1. The van der Waals surface area contributed by atoms with Crippen molar-refractivity contribution in [3.8, 4) is 0 Å². The van der Waals surface area contributed by atoms with Gasteiger partial charge in [-0.05, 0) is 12.8 Å². The fraction of sp³-hybridized carbons (Fsp3) is 0.556. The smallest absolute Gasteiger partial charge is 0.300 e. The number of hydrogen-bond acceptors (Lipinski definition) is 3. The summed E-state index contributed by atoms with van der Waals surface area (Å²) in [4.78, 5) is 14.4.